The molecule has 0 atom stereocenters. The molecule has 0 aliphatic carbocycles. The second kappa shape index (κ2) is 8.89. The Morgan fingerprint density at radius 1 is 1.58 bits per heavy atom. The minimum Gasteiger partial charge on any atom is -0.370 e. The second-order valence-electron chi connectivity index (χ2n) is 3.75. The van der Waals surface area contributed by atoms with Crippen LogP contribution in [0.25, 0.3) is 0 Å². The molecule has 0 radical (unpaired) electrons. The fourth-order valence-electron chi connectivity index (χ4n) is 1.37. The van der Waals surface area contributed by atoms with Crippen molar-refractivity contribution in [1.29, 1.82) is 0 Å². The van der Waals surface area contributed by atoms with Crippen molar-refractivity contribution < 1.29 is 0 Å². The normalized spacial score (nSPS) is 10.6. The Morgan fingerprint density at radius 2 is 2.42 bits per heavy atom. The highest BCUT2D eigenvalue weighted by Crippen LogP contribution is 1.98. The summed E-state index contributed by atoms with van der Waals surface area (Å²) in [4.78, 5) is 7.93. The molecule has 0 aromatic carbocycles. The number of pyridine rings is 1. The zero-order chi connectivity index (χ0) is 13.9. The largest absolute Gasteiger partial charge is 0.370 e. The Bertz CT molecular complexity index is 464. The molecule has 0 saturated heterocycles. The summed E-state index contributed by atoms with van der Waals surface area (Å²) in [5.41, 5.74) is 6.77. The van der Waals surface area contributed by atoms with Crippen molar-refractivity contribution in [3.63, 3.8) is 0 Å². The number of nitrogens with zero attached hydrogens (tertiary/aromatic N) is 2. The van der Waals surface area contributed by atoms with Crippen LogP contribution in [0.4, 0.5) is 0 Å². The van der Waals surface area contributed by atoms with Crippen molar-refractivity contribution in [3.05, 3.63) is 30.1 Å². The lowest BCUT2D eigenvalue weighted by Gasteiger charge is -2.09. The summed E-state index contributed by atoms with van der Waals surface area (Å²) in [5.74, 6) is 2.59. The third-order valence-electron chi connectivity index (χ3n) is 2.23. The fraction of sp³-hybridized carbons (Fsp3) is 0.308. The van der Waals surface area contributed by atoms with E-state index in [1.165, 1.54) is 5.56 Å². The molecule has 6 heteroatoms. The average Bonchev–Trinajstić information content (AvgIpc) is 2.42. The van der Waals surface area contributed by atoms with Crippen LogP contribution in [0.1, 0.15) is 12.0 Å². The van der Waals surface area contributed by atoms with Crippen LogP contribution in [0, 0.1) is 12.3 Å². The van der Waals surface area contributed by atoms with Crippen LogP contribution in [-0.4, -0.2) is 29.1 Å². The number of aliphatic imine (C=N–C) groups is 1. The molecule has 0 amide bonds. The van der Waals surface area contributed by atoms with Crippen LogP contribution in [0.3, 0.4) is 0 Å². The zero-order valence-electron chi connectivity index (χ0n) is 10.6. The number of nitrogens with two attached hydrogens (primary N) is 1. The molecule has 100 valence electrons. The van der Waals surface area contributed by atoms with Gasteiger partial charge >= 0.3 is 0 Å². The lowest BCUT2D eigenvalue weighted by Crippen LogP contribution is -2.43. The third-order valence-corrected chi connectivity index (χ3v) is 2.48. The van der Waals surface area contributed by atoms with E-state index in [1.807, 2.05) is 18.3 Å². The van der Waals surface area contributed by atoms with Crippen LogP contribution >= 0.6 is 12.2 Å². The number of rotatable bonds is 5. The standard InChI is InChI=1S/C13H17N5S/c1-2-7-16-12(14)18-13(19)17-9-4-6-11-5-3-8-15-10-11/h1,3,5,8,10H,4,6-7,9H2,(H4,14,16,17,18,19). The summed E-state index contributed by atoms with van der Waals surface area (Å²) in [6.45, 7) is 0.992. The van der Waals surface area contributed by atoms with Gasteiger partial charge in [0.1, 0.15) is 6.54 Å². The van der Waals surface area contributed by atoms with Gasteiger partial charge in [0.2, 0.25) is 0 Å². The Hall–Kier alpha value is -2.13. The Labute approximate surface area is 118 Å². The number of aryl methyl sites for hydroxylation is 1. The molecule has 0 saturated carbocycles. The van der Waals surface area contributed by atoms with Crippen LogP contribution in [-0.2, 0) is 6.42 Å². The molecule has 0 aliphatic rings. The number of thiocarbonyl (C=S) groups is 1. The smallest absolute Gasteiger partial charge is 0.195 e. The zero-order valence-corrected chi connectivity index (χ0v) is 11.4. The monoisotopic (exact) mass is 275 g/mol. The van der Waals surface area contributed by atoms with E-state index in [-0.39, 0.29) is 12.5 Å². The predicted molar refractivity (Wildman–Crippen MR) is 81.6 cm³/mol. The average molecular weight is 275 g/mol. The summed E-state index contributed by atoms with van der Waals surface area (Å²) in [7, 11) is 0. The minimum absolute atomic E-state index is 0.225. The number of nitrogens with one attached hydrogen (secondary N) is 2. The van der Waals surface area contributed by atoms with E-state index >= 15 is 0 Å². The topological polar surface area (TPSA) is 75.3 Å². The summed E-state index contributed by atoms with van der Waals surface area (Å²) >= 11 is 5.06. The quantitative estimate of drug-likeness (QED) is 0.239. The van der Waals surface area contributed by atoms with Crippen LogP contribution < -0.4 is 16.4 Å². The van der Waals surface area contributed by atoms with Crippen molar-refractivity contribution in [1.82, 2.24) is 15.6 Å². The van der Waals surface area contributed by atoms with Crippen molar-refractivity contribution in [2.45, 2.75) is 12.8 Å². The molecule has 1 aromatic rings. The van der Waals surface area contributed by atoms with Gasteiger partial charge in [0.05, 0.1) is 0 Å². The van der Waals surface area contributed by atoms with Crippen molar-refractivity contribution >= 4 is 23.3 Å². The summed E-state index contributed by atoms with van der Waals surface area (Å²) in [6.07, 6.45) is 10.6. The molecule has 1 aromatic heterocycles. The maximum atomic E-state index is 5.56. The van der Waals surface area contributed by atoms with Gasteiger partial charge in [0, 0.05) is 18.9 Å². The Balaban J connectivity index is 2.16. The third kappa shape index (κ3) is 7.01. The highest BCUT2D eigenvalue weighted by atomic mass is 32.1. The van der Waals surface area contributed by atoms with Crippen molar-refractivity contribution in [2.75, 3.05) is 13.1 Å². The number of aromatic nitrogens is 1. The molecule has 0 fully saturated rings. The number of hydrogen-bond acceptors (Lipinski definition) is 3. The van der Waals surface area contributed by atoms with Gasteiger partial charge in [-0.2, -0.15) is 0 Å². The number of hydrogen-bond donors (Lipinski definition) is 3. The highest BCUT2D eigenvalue weighted by Gasteiger charge is 1.97. The first-order valence-electron chi connectivity index (χ1n) is 5.89. The fourth-order valence-corrected chi connectivity index (χ4v) is 1.58. The minimum atomic E-state index is 0.225. The molecule has 0 spiro atoms. The van der Waals surface area contributed by atoms with E-state index in [0.29, 0.717) is 5.11 Å². The molecule has 4 N–H and O–H groups in total. The summed E-state index contributed by atoms with van der Waals surface area (Å²) in [6, 6.07) is 3.98. The van der Waals surface area contributed by atoms with E-state index in [1.54, 1.807) is 6.20 Å². The summed E-state index contributed by atoms with van der Waals surface area (Å²) in [5, 5.41) is 6.25. The summed E-state index contributed by atoms with van der Waals surface area (Å²) < 4.78 is 0. The SMILES string of the molecule is C#CCN=C(N)NC(=S)NCCCc1cccnc1. The van der Waals surface area contributed by atoms with Crippen molar-refractivity contribution in [3.8, 4) is 12.3 Å². The Kier molecular flexibility index (Phi) is 6.98. The van der Waals surface area contributed by atoms with Crippen LogP contribution in [0.5, 0.6) is 0 Å². The molecular formula is C13H17N5S. The van der Waals surface area contributed by atoms with Gasteiger partial charge in [-0.1, -0.05) is 12.0 Å². The van der Waals surface area contributed by atoms with Gasteiger partial charge in [-0.25, -0.2) is 4.99 Å². The molecule has 19 heavy (non-hydrogen) atoms. The van der Waals surface area contributed by atoms with Gasteiger partial charge in [-0.05, 0) is 36.7 Å². The predicted octanol–water partition coefficient (Wildman–Crippen LogP) is 0.426. The molecule has 0 unspecified atom stereocenters. The maximum Gasteiger partial charge on any atom is 0.195 e. The molecule has 1 heterocycles. The lowest BCUT2D eigenvalue weighted by atomic mass is 10.2. The lowest BCUT2D eigenvalue weighted by molar-refractivity contribution is 0.768. The van der Waals surface area contributed by atoms with Crippen LogP contribution in [0.2, 0.25) is 0 Å². The van der Waals surface area contributed by atoms with Crippen molar-refractivity contribution in [2.24, 2.45) is 10.7 Å². The second-order valence-corrected chi connectivity index (χ2v) is 4.16. The highest BCUT2D eigenvalue weighted by molar-refractivity contribution is 7.80. The molecular weight excluding hydrogens is 258 g/mol. The first kappa shape index (κ1) is 14.9. The van der Waals surface area contributed by atoms with Gasteiger partial charge in [-0.3, -0.25) is 4.98 Å². The Morgan fingerprint density at radius 3 is 3.11 bits per heavy atom. The maximum absolute atomic E-state index is 5.56. The van der Waals surface area contributed by atoms with E-state index in [2.05, 4.69) is 26.5 Å². The molecule has 5 nitrogen and oxygen atoms in total. The number of terminal acetylenes is 1. The van der Waals surface area contributed by atoms with Gasteiger partial charge in [-0.15, -0.1) is 6.42 Å². The van der Waals surface area contributed by atoms with E-state index in [4.69, 9.17) is 24.4 Å². The van der Waals surface area contributed by atoms with E-state index < -0.39 is 0 Å². The van der Waals surface area contributed by atoms with Crippen LogP contribution in [0.15, 0.2) is 29.5 Å². The molecule has 1 rings (SSSR count). The van der Waals surface area contributed by atoms with E-state index in [9.17, 15) is 0 Å². The van der Waals surface area contributed by atoms with Gasteiger partial charge in [0.25, 0.3) is 0 Å². The first-order chi connectivity index (χ1) is 9.22. The molecule has 0 aliphatic heterocycles. The van der Waals surface area contributed by atoms with Gasteiger partial charge in [0.15, 0.2) is 11.1 Å². The first-order valence-corrected chi connectivity index (χ1v) is 6.30. The molecule has 0 bridgehead atoms. The van der Waals surface area contributed by atoms with E-state index in [0.717, 1.165) is 19.4 Å². The van der Waals surface area contributed by atoms with Gasteiger partial charge < -0.3 is 16.4 Å². The number of guanidine groups is 1.